The van der Waals surface area contributed by atoms with Gasteiger partial charge in [0.25, 0.3) is 0 Å². The molecule has 2 N–H and O–H groups in total. The number of likely N-dealkylation sites (N-methyl/N-ethyl adjacent to an activating group) is 1. The van der Waals surface area contributed by atoms with Gasteiger partial charge in [0.15, 0.2) is 0 Å². The van der Waals surface area contributed by atoms with Crippen LogP contribution in [0.25, 0.3) is 0 Å². The van der Waals surface area contributed by atoms with Crippen molar-refractivity contribution < 1.29 is 5.11 Å². The smallest absolute Gasteiger partial charge is 0.0843 e. The molecule has 0 spiro atoms. The molecule has 0 aromatic heterocycles. The number of hydrogen-bond donors (Lipinski definition) is 2. The van der Waals surface area contributed by atoms with Crippen LogP contribution in [0, 0.1) is 0 Å². The molecule has 1 heterocycles. The summed E-state index contributed by atoms with van der Waals surface area (Å²) >= 11 is 0. The lowest BCUT2D eigenvalue weighted by Crippen LogP contribution is -2.35. The first kappa shape index (κ1) is 16.8. The topological polar surface area (TPSA) is 35.5 Å². The van der Waals surface area contributed by atoms with E-state index in [4.69, 9.17) is 0 Å². The van der Waals surface area contributed by atoms with Crippen LogP contribution in [-0.4, -0.2) is 31.3 Å². The number of para-hydroxylation sites is 2. The van der Waals surface area contributed by atoms with Crippen molar-refractivity contribution in [1.82, 2.24) is 5.32 Å². The fourth-order valence-electron chi connectivity index (χ4n) is 3.08. The number of hydrogen-bond acceptors (Lipinski definition) is 3. The second-order valence-electron chi connectivity index (χ2n) is 5.58. The third-order valence-electron chi connectivity index (χ3n) is 4.06. The minimum Gasteiger partial charge on any atom is -0.390 e. The van der Waals surface area contributed by atoms with E-state index >= 15 is 0 Å². The van der Waals surface area contributed by atoms with E-state index in [1.807, 2.05) is 7.05 Å². The second-order valence-corrected chi connectivity index (χ2v) is 5.58. The van der Waals surface area contributed by atoms with Gasteiger partial charge in [0.2, 0.25) is 0 Å². The van der Waals surface area contributed by atoms with Crippen LogP contribution in [0.5, 0.6) is 0 Å². The molecule has 3 rings (SSSR count). The van der Waals surface area contributed by atoms with Crippen LogP contribution in [0.4, 0.5) is 11.4 Å². The van der Waals surface area contributed by atoms with Gasteiger partial charge < -0.3 is 15.3 Å². The zero-order chi connectivity index (χ0) is 14.7. The number of fused-ring (bicyclic) bond motifs is 2. The molecular formula is C18H23ClN2O. The van der Waals surface area contributed by atoms with Crippen LogP contribution in [0.2, 0.25) is 0 Å². The van der Waals surface area contributed by atoms with Crippen molar-refractivity contribution in [1.29, 1.82) is 0 Å². The van der Waals surface area contributed by atoms with Gasteiger partial charge in [-0.3, -0.25) is 0 Å². The molecule has 0 amide bonds. The lowest BCUT2D eigenvalue weighted by atomic mass is 10.0. The van der Waals surface area contributed by atoms with E-state index < -0.39 is 6.10 Å². The number of rotatable bonds is 4. The minimum atomic E-state index is -0.394. The molecule has 0 saturated heterocycles. The molecule has 2 aromatic carbocycles. The maximum Gasteiger partial charge on any atom is 0.0843 e. The summed E-state index contributed by atoms with van der Waals surface area (Å²) in [6.07, 6.45) is 1.70. The van der Waals surface area contributed by atoms with Crippen molar-refractivity contribution in [2.24, 2.45) is 0 Å². The van der Waals surface area contributed by atoms with E-state index in [0.717, 1.165) is 12.8 Å². The predicted molar refractivity (Wildman–Crippen MR) is 94.5 cm³/mol. The highest BCUT2D eigenvalue weighted by Crippen LogP contribution is 2.35. The van der Waals surface area contributed by atoms with Crippen LogP contribution in [0.3, 0.4) is 0 Å². The van der Waals surface area contributed by atoms with E-state index in [2.05, 4.69) is 58.7 Å². The Morgan fingerprint density at radius 2 is 1.50 bits per heavy atom. The summed E-state index contributed by atoms with van der Waals surface area (Å²) < 4.78 is 0. The zero-order valence-corrected chi connectivity index (χ0v) is 13.6. The van der Waals surface area contributed by atoms with Crippen LogP contribution in [0.15, 0.2) is 48.5 Å². The zero-order valence-electron chi connectivity index (χ0n) is 12.8. The normalized spacial score (nSPS) is 14.4. The molecule has 3 nitrogen and oxygen atoms in total. The molecular weight excluding hydrogens is 296 g/mol. The van der Waals surface area contributed by atoms with Gasteiger partial charge in [-0.15, -0.1) is 12.4 Å². The second kappa shape index (κ2) is 7.63. The van der Waals surface area contributed by atoms with Crippen molar-refractivity contribution in [2.75, 3.05) is 25.0 Å². The van der Waals surface area contributed by atoms with E-state index in [-0.39, 0.29) is 12.4 Å². The Morgan fingerprint density at radius 3 is 2.00 bits per heavy atom. The summed E-state index contributed by atoms with van der Waals surface area (Å²) in [4.78, 5) is 2.26. The minimum absolute atomic E-state index is 0. The average Bonchev–Trinajstić information content (AvgIpc) is 2.66. The lowest BCUT2D eigenvalue weighted by molar-refractivity contribution is 0.182. The maximum absolute atomic E-state index is 10.2. The third kappa shape index (κ3) is 3.43. The van der Waals surface area contributed by atoms with Crippen molar-refractivity contribution in [3.63, 3.8) is 0 Å². The molecule has 0 saturated carbocycles. The molecule has 0 bridgehead atoms. The predicted octanol–water partition coefficient (Wildman–Crippen LogP) is 2.93. The molecule has 22 heavy (non-hydrogen) atoms. The Kier molecular flexibility index (Phi) is 5.83. The molecule has 0 aliphatic carbocycles. The average molecular weight is 319 g/mol. The van der Waals surface area contributed by atoms with Crippen LogP contribution >= 0.6 is 12.4 Å². The number of nitrogens with zero attached hydrogens (tertiary/aromatic N) is 1. The van der Waals surface area contributed by atoms with E-state index in [1.54, 1.807) is 0 Å². The standard InChI is InChI=1S/C18H22N2O.ClH/c1-19-12-16(21)13-20-17-8-4-2-6-14(17)10-11-15-7-3-5-9-18(15)20;/h2-9,16,19,21H,10-13H2,1H3;1H. The molecule has 4 heteroatoms. The maximum atomic E-state index is 10.2. The molecule has 1 unspecified atom stereocenters. The van der Waals surface area contributed by atoms with Gasteiger partial charge in [-0.05, 0) is 43.1 Å². The van der Waals surface area contributed by atoms with Gasteiger partial charge >= 0.3 is 0 Å². The monoisotopic (exact) mass is 318 g/mol. The first-order valence-corrected chi connectivity index (χ1v) is 7.55. The van der Waals surface area contributed by atoms with Crippen molar-refractivity contribution in [3.05, 3.63) is 59.7 Å². The van der Waals surface area contributed by atoms with Crippen LogP contribution < -0.4 is 10.2 Å². The first-order chi connectivity index (χ1) is 10.3. The Balaban J connectivity index is 0.00000176. The van der Waals surface area contributed by atoms with Crippen LogP contribution in [-0.2, 0) is 12.8 Å². The summed E-state index contributed by atoms with van der Waals surface area (Å²) in [5.74, 6) is 0. The van der Waals surface area contributed by atoms with Gasteiger partial charge in [0.1, 0.15) is 0 Å². The highest BCUT2D eigenvalue weighted by molar-refractivity contribution is 5.85. The Bertz CT molecular complexity index is 570. The van der Waals surface area contributed by atoms with Gasteiger partial charge in [-0.1, -0.05) is 36.4 Å². The molecule has 1 aliphatic rings. The number of halogens is 1. The number of anilines is 2. The fourth-order valence-corrected chi connectivity index (χ4v) is 3.08. The Morgan fingerprint density at radius 1 is 1.00 bits per heavy atom. The molecule has 118 valence electrons. The van der Waals surface area contributed by atoms with Gasteiger partial charge in [0, 0.05) is 17.9 Å². The Hall–Kier alpha value is -1.55. The van der Waals surface area contributed by atoms with E-state index in [9.17, 15) is 5.11 Å². The summed E-state index contributed by atoms with van der Waals surface area (Å²) in [5.41, 5.74) is 5.14. The highest BCUT2D eigenvalue weighted by atomic mass is 35.5. The number of nitrogens with one attached hydrogen (secondary N) is 1. The van der Waals surface area contributed by atoms with Crippen molar-refractivity contribution >= 4 is 23.8 Å². The summed E-state index contributed by atoms with van der Waals surface area (Å²) in [6, 6.07) is 17.0. The lowest BCUT2D eigenvalue weighted by Gasteiger charge is -2.29. The van der Waals surface area contributed by atoms with Crippen molar-refractivity contribution in [3.8, 4) is 0 Å². The molecule has 2 aromatic rings. The molecule has 1 atom stereocenters. The van der Waals surface area contributed by atoms with Gasteiger partial charge in [0.05, 0.1) is 12.6 Å². The van der Waals surface area contributed by atoms with E-state index in [1.165, 1.54) is 22.5 Å². The number of aliphatic hydroxyl groups excluding tert-OH is 1. The first-order valence-electron chi connectivity index (χ1n) is 7.55. The highest BCUT2D eigenvalue weighted by Gasteiger charge is 2.21. The number of aryl methyl sites for hydroxylation is 2. The van der Waals surface area contributed by atoms with Crippen LogP contribution in [0.1, 0.15) is 11.1 Å². The molecule has 0 fully saturated rings. The third-order valence-corrected chi connectivity index (χ3v) is 4.06. The Labute approximate surface area is 138 Å². The SMILES string of the molecule is CNCC(O)CN1c2ccccc2CCc2ccccc21.Cl. The fraction of sp³-hybridized carbons (Fsp3) is 0.333. The molecule has 1 aliphatic heterocycles. The number of aliphatic hydroxyl groups is 1. The summed E-state index contributed by atoms with van der Waals surface area (Å²) in [7, 11) is 1.87. The van der Waals surface area contributed by atoms with E-state index in [0.29, 0.717) is 13.1 Å². The van der Waals surface area contributed by atoms with Gasteiger partial charge in [-0.2, -0.15) is 0 Å². The largest absolute Gasteiger partial charge is 0.390 e. The van der Waals surface area contributed by atoms with Gasteiger partial charge in [-0.25, -0.2) is 0 Å². The number of β-amino-alcohol motifs (C(OH)–C–C–N with tert-alkyl or cyclic N) is 1. The number of benzene rings is 2. The summed E-state index contributed by atoms with van der Waals surface area (Å²) in [6.45, 7) is 1.20. The quantitative estimate of drug-likeness (QED) is 0.910. The van der Waals surface area contributed by atoms with Crippen molar-refractivity contribution in [2.45, 2.75) is 18.9 Å². The molecule has 0 radical (unpaired) electrons. The summed E-state index contributed by atoms with van der Waals surface area (Å²) in [5, 5.41) is 13.3.